The quantitative estimate of drug-likeness (QED) is 0.584. The zero-order valence-corrected chi connectivity index (χ0v) is 11.7. The Balaban J connectivity index is 1.70. The predicted molar refractivity (Wildman–Crippen MR) is 82.2 cm³/mol. The fourth-order valence-corrected chi connectivity index (χ4v) is 2.77. The number of aryl methyl sites for hydroxylation is 1. The number of nitrogens with one attached hydrogen (secondary N) is 1. The van der Waals surface area contributed by atoms with Gasteiger partial charge in [-0.1, -0.05) is 24.3 Å². The van der Waals surface area contributed by atoms with Gasteiger partial charge in [-0.2, -0.15) is 0 Å². The van der Waals surface area contributed by atoms with Crippen LogP contribution in [0, 0.1) is 0 Å². The van der Waals surface area contributed by atoms with Crippen molar-refractivity contribution in [3.05, 3.63) is 59.2 Å². The summed E-state index contributed by atoms with van der Waals surface area (Å²) in [6.45, 7) is 0. The Labute approximate surface area is 123 Å². The Morgan fingerprint density at radius 2 is 1.95 bits per heavy atom. The normalized spacial score (nSPS) is 17.0. The number of benzene rings is 2. The summed E-state index contributed by atoms with van der Waals surface area (Å²) in [5, 5.41) is 12.6. The first-order valence-electron chi connectivity index (χ1n) is 7.09. The maximum atomic E-state index is 12.2. The van der Waals surface area contributed by atoms with E-state index in [0.29, 0.717) is 5.56 Å². The van der Waals surface area contributed by atoms with Gasteiger partial charge in [0.05, 0.1) is 5.69 Å². The van der Waals surface area contributed by atoms with E-state index < -0.39 is 0 Å². The van der Waals surface area contributed by atoms with Gasteiger partial charge in [-0.3, -0.25) is 4.79 Å². The summed E-state index contributed by atoms with van der Waals surface area (Å²) in [6, 6.07) is 13.0. The van der Waals surface area contributed by atoms with Crippen molar-refractivity contribution in [1.82, 2.24) is 5.32 Å². The number of carbonyl (C=O) groups is 1. The SMILES string of the molecule is Nc1ccc(C(=O)NC2CCc3ccccc3C2)cc1O. The van der Waals surface area contributed by atoms with Crippen LogP contribution in [0.4, 0.5) is 5.69 Å². The van der Waals surface area contributed by atoms with Crippen LogP contribution >= 0.6 is 0 Å². The number of nitrogens with two attached hydrogens (primary N) is 1. The van der Waals surface area contributed by atoms with E-state index in [1.165, 1.54) is 17.2 Å². The lowest BCUT2D eigenvalue weighted by atomic mass is 9.88. The third-order valence-corrected chi connectivity index (χ3v) is 3.97. The third kappa shape index (κ3) is 2.84. The van der Waals surface area contributed by atoms with Gasteiger partial charge in [-0.15, -0.1) is 0 Å². The van der Waals surface area contributed by atoms with Gasteiger partial charge in [-0.05, 0) is 48.6 Å². The highest BCUT2D eigenvalue weighted by atomic mass is 16.3. The summed E-state index contributed by atoms with van der Waals surface area (Å²) in [5.74, 6) is -0.230. The Morgan fingerprint density at radius 1 is 1.19 bits per heavy atom. The Bertz CT molecular complexity index is 682. The highest BCUT2D eigenvalue weighted by Crippen LogP contribution is 2.23. The summed E-state index contributed by atoms with van der Waals surface area (Å²) >= 11 is 0. The van der Waals surface area contributed by atoms with Gasteiger partial charge in [0, 0.05) is 11.6 Å². The lowest BCUT2D eigenvalue weighted by molar-refractivity contribution is 0.0933. The second kappa shape index (κ2) is 5.48. The lowest BCUT2D eigenvalue weighted by Gasteiger charge is -2.25. The average Bonchev–Trinajstić information content (AvgIpc) is 2.50. The molecule has 0 radical (unpaired) electrons. The molecule has 0 fully saturated rings. The van der Waals surface area contributed by atoms with Crippen molar-refractivity contribution in [2.45, 2.75) is 25.3 Å². The molecule has 0 heterocycles. The van der Waals surface area contributed by atoms with Crippen LogP contribution in [0.2, 0.25) is 0 Å². The Kier molecular flexibility index (Phi) is 3.52. The van der Waals surface area contributed by atoms with Gasteiger partial charge in [-0.25, -0.2) is 0 Å². The van der Waals surface area contributed by atoms with Crippen molar-refractivity contribution >= 4 is 11.6 Å². The van der Waals surface area contributed by atoms with Crippen molar-refractivity contribution in [2.24, 2.45) is 0 Å². The van der Waals surface area contributed by atoms with Gasteiger partial charge in [0.1, 0.15) is 5.75 Å². The predicted octanol–water partition coefficient (Wildman–Crippen LogP) is 2.26. The molecule has 1 amide bonds. The molecular weight excluding hydrogens is 264 g/mol. The summed E-state index contributed by atoms with van der Waals surface area (Å²) in [6.07, 6.45) is 2.76. The van der Waals surface area contributed by atoms with E-state index in [4.69, 9.17) is 5.73 Å². The highest BCUT2D eigenvalue weighted by Gasteiger charge is 2.20. The van der Waals surface area contributed by atoms with Crippen LogP contribution in [0.15, 0.2) is 42.5 Å². The first kappa shape index (κ1) is 13.5. The number of carbonyl (C=O) groups excluding carboxylic acids is 1. The summed E-state index contributed by atoms with van der Waals surface area (Å²) in [5.41, 5.74) is 8.92. The van der Waals surface area contributed by atoms with E-state index in [9.17, 15) is 9.90 Å². The second-order valence-electron chi connectivity index (χ2n) is 5.46. The number of anilines is 1. The molecule has 0 spiro atoms. The van der Waals surface area contributed by atoms with Crippen molar-refractivity contribution in [3.8, 4) is 5.75 Å². The number of aromatic hydroxyl groups is 1. The summed E-state index contributed by atoms with van der Waals surface area (Å²) in [4.78, 5) is 12.2. The molecule has 0 aromatic heterocycles. The molecule has 4 N–H and O–H groups in total. The number of fused-ring (bicyclic) bond motifs is 1. The van der Waals surface area contributed by atoms with Gasteiger partial charge in [0.15, 0.2) is 0 Å². The number of phenolic OH excluding ortho intramolecular Hbond substituents is 1. The Morgan fingerprint density at radius 3 is 2.71 bits per heavy atom. The Hall–Kier alpha value is -2.49. The van der Waals surface area contributed by atoms with Crippen LogP contribution in [0.1, 0.15) is 27.9 Å². The molecule has 2 aromatic carbocycles. The zero-order valence-electron chi connectivity index (χ0n) is 11.7. The maximum Gasteiger partial charge on any atom is 0.251 e. The fourth-order valence-electron chi connectivity index (χ4n) is 2.77. The van der Waals surface area contributed by atoms with Gasteiger partial charge in [0.2, 0.25) is 0 Å². The largest absolute Gasteiger partial charge is 0.506 e. The number of amides is 1. The number of nitrogen functional groups attached to an aromatic ring is 1. The minimum absolute atomic E-state index is 0.0587. The van der Waals surface area contributed by atoms with Crippen molar-refractivity contribution < 1.29 is 9.90 Å². The van der Waals surface area contributed by atoms with E-state index >= 15 is 0 Å². The molecule has 0 aliphatic heterocycles. The molecule has 1 aliphatic carbocycles. The van der Waals surface area contributed by atoms with E-state index in [1.807, 2.05) is 6.07 Å². The molecule has 4 nitrogen and oxygen atoms in total. The molecule has 1 atom stereocenters. The molecular formula is C17H18N2O2. The summed E-state index contributed by atoms with van der Waals surface area (Å²) < 4.78 is 0. The van der Waals surface area contributed by atoms with E-state index in [2.05, 4.69) is 23.5 Å². The van der Waals surface area contributed by atoms with Crippen molar-refractivity contribution in [1.29, 1.82) is 0 Å². The third-order valence-electron chi connectivity index (χ3n) is 3.97. The van der Waals surface area contributed by atoms with Gasteiger partial charge in [0.25, 0.3) is 5.91 Å². The molecule has 3 rings (SSSR count). The minimum atomic E-state index is -0.172. The molecule has 2 aromatic rings. The monoisotopic (exact) mass is 282 g/mol. The van der Waals surface area contributed by atoms with E-state index in [-0.39, 0.29) is 23.4 Å². The number of rotatable bonds is 2. The van der Waals surface area contributed by atoms with Crippen LogP contribution in [-0.4, -0.2) is 17.1 Å². The number of phenols is 1. The summed E-state index contributed by atoms with van der Waals surface area (Å²) in [7, 11) is 0. The lowest BCUT2D eigenvalue weighted by Crippen LogP contribution is -2.38. The van der Waals surface area contributed by atoms with Crippen LogP contribution in [0.3, 0.4) is 0 Å². The molecule has 0 bridgehead atoms. The smallest absolute Gasteiger partial charge is 0.251 e. The van der Waals surface area contributed by atoms with Gasteiger partial charge < -0.3 is 16.2 Å². The molecule has 1 aliphatic rings. The van der Waals surface area contributed by atoms with Crippen molar-refractivity contribution in [2.75, 3.05) is 5.73 Å². The number of hydrogen-bond donors (Lipinski definition) is 3. The van der Waals surface area contributed by atoms with Gasteiger partial charge >= 0.3 is 0 Å². The van der Waals surface area contributed by atoms with Crippen LogP contribution in [0.5, 0.6) is 5.75 Å². The maximum absolute atomic E-state index is 12.2. The van der Waals surface area contributed by atoms with Crippen molar-refractivity contribution in [3.63, 3.8) is 0 Å². The van der Waals surface area contributed by atoms with Crippen LogP contribution in [-0.2, 0) is 12.8 Å². The first-order chi connectivity index (χ1) is 10.1. The zero-order chi connectivity index (χ0) is 14.8. The van der Waals surface area contributed by atoms with E-state index in [0.717, 1.165) is 19.3 Å². The topological polar surface area (TPSA) is 75.4 Å². The first-order valence-corrected chi connectivity index (χ1v) is 7.09. The fraction of sp³-hybridized carbons (Fsp3) is 0.235. The van der Waals surface area contributed by atoms with E-state index in [1.54, 1.807) is 12.1 Å². The number of hydrogen-bond acceptors (Lipinski definition) is 3. The minimum Gasteiger partial charge on any atom is -0.506 e. The second-order valence-corrected chi connectivity index (χ2v) is 5.46. The molecule has 4 heteroatoms. The van der Waals surface area contributed by atoms with Crippen LogP contribution < -0.4 is 11.1 Å². The molecule has 0 saturated carbocycles. The molecule has 0 saturated heterocycles. The molecule has 1 unspecified atom stereocenters. The standard InChI is InChI=1S/C17H18N2O2/c18-15-8-6-13(10-16(15)20)17(21)19-14-7-5-11-3-1-2-4-12(11)9-14/h1-4,6,8,10,14,20H,5,7,9,18H2,(H,19,21). The highest BCUT2D eigenvalue weighted by molar-refractivity contribution is 5.95. The van der Waals surface area contributed by atoms with Crippen LogP contribution in [0.25, 0.3) is 0 Å². The average molecular weight is 282 g/mol. The molecule has 21 heavy (non-hydrogen) atoms. The molecule has 108 valence electrons.